The number of anilines is 1. The van der Waals surface area contributed by atoms with Gasteiger partial charge in [-0.05, 0) is 23.8 Å². The summed E-state index contributed by atoms with van der Waals surface area (Å²) >= 11 is 0. The van der Waals surface area contributed by atoms with Gasteiger partial charge in [0.15, 0.2) is 11.6 Å². The summed E-state index contributed by atoms with van der Waals surface area (Å²) < 4.78 is 28.9. The summed E-state index contributed by atoms with van der Waals surface area (Å²) in [6, 6.07) is 8.23. The third-order valence-electron chi connectivity index (χ3n) is 4.09. The van der Waals surface area contributed by atoms with Crippen LogP contribution in [0.25, 0.3) is 5.70 Å². The van der Waals surface area contributed by atoms with Crippen LogP contribution >= 0.6 is 0 Å². The molecule has 0 saturated heterocycles. The Balaban J connectivity index is 2.19. The fourth-order valence-corrected chi connectivity index (χ4v) is 2.48. The number of ether oxygens (including phenoxy) is 3. The van der Waals surface area contributed by atoms with E-state index in [1.807, 2.05) is 0 Å². The number of carbonyl (C=O) groups is 2. The van der Waals surface area contributed by atoms with Crippen molar-refractivity contribution in [2.75, 3.05) is 33.2 Å². The molecule has 2 aromatic carbocycles. The molecule has 0 amide bonds. The number of halogens is 1. The summed E-state index contributed by atoms with van der Waals surface area (Å²) in [6.45, 7) is 0.386. The molecule has 9 heteroatoms. The Kier molecular flexibility index (Phi) is 7.65. The number of nitrogen functional groups attached to an aromatic ring is 1. The molecule has 5 N–H and O–H groups in total. The Morgan fingerprint density at radius 1 is 1.10 bits per heavy atom. The van der Waals surface area contributed by atoms with E-state index < -0.39 is 23.3 Å². The highest BCUT2D eigenvalue weighted by Gasteiger charge is 2.17. The van der Waals surface area contributed by atoms with Crippen LogP contribution in [0.1, 0.15) is 21.5 Å². The molecule has 0 radical (unpaired) electrons. The Labute approximate surface area is 172 Å². The van der Waals surface area contributed by atoms with Gasteiger partial charge in [-0.1, -0.05) is 12.1 Å². The Bertz CT molecular complexity index is 987. The van der Waals surface area contributed by atoms with Gasteiger partial charge in [-0.25, -0.2) is 9.18 Å². The molecule has 0 saturated carbocycles. The van der Waals surface area contributed by atoms with Gasteiger partial charge >= 0.3 is 5.97 Å². The zero-order valence-electron chi connectivity index (χ0n) is 16.5. The number of nitrogens with two attached hydrogens (primary N) is 2. The number of benzene rings is 2. The van der Waals surface area contributed by atoms with Crippen LogP contribution in [0.3, 0.4) is 0 Å². The van der Waals surface area contributed by atoms with Gasteiger partial charge in [-0.15, -0.1) is 0 Å². The Morgan fingerprint density at radius 3 is 2.33 bits per heavy atom. The average molecular weight is 415 g/mol. The quantitative estimate of drug-likeness (QED) is 0.188. The monoisotopic (exact) mass is 415 g/mol. The zero-order chi connectivity index (χ0) is 22.3. The molecule has 0 aliphatic rings. The first-order valence-electron chi connectivity index (χ1n) is 8.78. The summed E-state index contributed by atoms with van der Waals surface area (Å²) in [6.07, 6.45) is 1.04. The van der Waals surface area contributed by atoms with Crippen LogP contribution in [0.2, 0.25) is 0 Å². The lowest BCUT2D eigenvalue weighted by molar-refractivity contribution is -0.108. The minimum Gasteiger partial charge on any atom is -0.488 e. The van der Waals surface area contributed by atoms with E-state index in [0.717, 1.165) is 12.1 Å². The topological polar surface area (TPSA) is 138 Å². The maximum absolute atomic E-state index is 14.2. The van der Waals surface area contributed by atoms with Crippen molar-refractivity contribution in [2.24, 2.45) is 5.73 Å². The Hall–Kier alpha value is -3.72. The maximum atomic E-state index is 14.2. The van der Waals surface area contributed by atoms with Crippen LogP contribution in [-0.2, 0) is 14.3 Å². The van der Waals surface area contributed by atoms with Crippen molar-refractivity contribution in [3.05, 3.63) is 65.0 Å². The number of carbonyl (C=O) groups excluding carboxylic acids is 2. The van der Waals surface area contributed by atoms with Crippen molar-refractivity contribution in [1.82, 2.24) is 0 Å². The molecule has 0 bridgehead atoms. The first-order chi connectivity index (χ1) is 14.3. The van der Waals surface area contributed by atoms with Gasteiger partial charge in [-0.2, -0.15) is 0 Å². The lowest BCUT2D eigenvalue weighted by Gasteiger charge is -2.11. The van der Waals surface area contributed by atoms with Crippen molar-refractivity contribution in [2.45, 2.75) is 0 Å². The fraction of sp³-hybridized carbons (Fsp3) is 0.190. The summed E-state index contributed by atoms with van der Waals surface area (Å²) in [4.78, 5) is 23.9. The van der Waals surface area contributed by atoms with Gasteiger partial charge in [0, 0.05) is 36.2 Å². The first kappa shape index (κ1) is 22.6. The molecule has 2 rings (SSSR count). The first-order valence-corrected chi connectivity index (χ1v) is 8.78. The van der Waals surface area contributed by atoms with E-state index in [2.05, 4.69) is 4.74 Å². The van der Waals surface area contributed by atoms with Gasteiger partial charge in [0.05, 0.1) is 19.3 Å². The van der Waals surface area contributed by atoms with Crippen molar-refractivity contribution in [3.63, 3.8) is 0 Å². The van der Waals surface area contributed by atoms with Crippen molar-refractivity contribution in [1.29, 1.82) is 5.41 Å². The number of hydrogen-bond acceptors (Lipinski definition) is 8. The lowest BCUT2D eigenvalue weighted by Crippen LogP contribution is -2.16. The Morgan fingerprint density at radius 2 is 1.73 bits per heavy atom. The molecule has 0 aromatic heterocycles. The van der Waals surface area contributed by atoms with Crippen LogP contribution in [0.4, 0.5) is 10.1 Å². The SMILES string of the molecule is COCCOc1cc(N)c(C(=N)C(=O)C=C(N)c2ccc(C(=O)OC)cc2)cc1F. The molecule has 0 heterocycles. The average Bonchev–Trinajstić information content (AvgIpc) is 2.74. The molecule has 0 fully saturated rings. The van der Waals surface area contributed by atoms with Gasteiger partial charge < -0.3 is 25.7 Å². The molecular formula is C21H22FN3O5. The molecule has 0 spiro atoms. The van der Waals surface area contributed by atoms with Crippen LogP contribution in [0.15, 0.2) is 42.5 Å². The molecule has 158 valence electrons. The molecule has 0 unspecified atom stereocenters. The summed E-state index contributed by atoms with van der Waals surface area (Å²) in [5.74, 6) is -2.13. The van der Waals surface area contributed by atoms with E-state index in [0.29, 0.717) is 11.1 Å². The number of allylic oxidation sites excluding steroid dienone is 1. The van der Waals surface area contributed by atoms with E-state index in [9.17, 15) is 14.0 Å². The van der Waals surface area contributed by atoms with Crippen molar-refractivity contribution >= 4 is 28.8 Å². The number of esters is 1. The maximum Gasteiger partial charge on any atom is 0.337 e. The number of nitrogens with one attached hydrogen (secondary N) is 1. The highest BCUT2D eigenvalue weighted by Crippen LogP contribution is 2.25. The molecule has 0 aliphatic carbocycles. The predicted octanol–water partition coefficient (Wildman–Crippen LogP) is 2.16. The van der Waals surface area contributed by atoms with Crippen LogP contribution in [0, 0.1) is 11.2 Å². The molecule has 2 aromatic rings. The molecule has 8 nitrogen and oxygen atoms in total. The highest BCUT2D eigenvalue weighted by atomic mass is 19.1. The highest BCUT2D eigenvalue weighted by molar-refractivity contribution is 6.50. The summed E-state index contributed by atoms with van der Waals surface area (Å²) in [5, 5.41) is 8.06. The van der Waals surface area contributed by atoms with Gasteiger partial charge in [0.2, 0.25) is 5.78 Å². The largest absolute Gasteiger partial charge is 0.488 e. The molecule has 0 atom stereocenters. The van der Waals surface area contributed by atoms with Gasteiger partial charge in [0.1, 0.15) is 12.3 Å². The molecule has 0 aliphatic heterocycles. The zero-order valence-corrected chi connectivity index (χ0v) is 16.5. The number of methoxy groups -OCH3 is 2. The van der Waals surface area contributed by atoms with E-state index in [1.54, 1.807) is 0 Å². The van der Waals surface area contributed by atoms with Crippen LogP contribution < -0.4 is 16.2 Å². The van der Waals surface area contributed by atoms with E-state index in [1.165, 1.54) is 44.6 Å². The lowest BCUT2D eigenvalue weighted by atomic mass is 10.0. The van der Waals surface area contributed by atoms with Crippen LogP contribution in [0.5, 0.6) is 5.75 Å². The minimum atomic E-state index is -0.761. The minimum absolute atomic E-state index is 0.0107. The molecular weight excluding hydrogens is 393 g/mol. The van der Waals surface area contributed by atoms with Gasteiger partial charge in [-0.3, -0.25) is 10.2 Å². The molecule has 30 heavy (non-hydrogen) atoms. The van der Waals surface area contributed by atoms with E-state index >= 15 is 0 Å². The second kappa shape index (κ2) is 10.2. The summed E-state index contributed by atoms with van der Waals surface area (Å²) in [7, 11) is 2.75. The van der Waals surface area contributed by atoms with E-state index in [4.69, 9.17) is 26.4 Å². The standard InChI is InChI=1S/C21H22FN3O5/c1-28-7-8-30-19-11-17(24)14(9-15(19)22)20(25)18(26)10-16(23)12-3-5-13(6-4-12)21(27)29-2/h3-6,9-11,25H,7-8,23-24H2,1-2H3. The number of rotatable bonds is 9. The van der Waals surface area contributed by atoms with Gasteiger partial charge in [0.25, 0.3) is 0 Å². The number of ketones is 1. The van der Waals surface area contributed by atoms with Crippen molar-refractivity contribution in [3.8, 4) is 5.75 Å². The second-order valence-corrected chi connectivity index (χ2v) is 6.12. The van der Waals surface area contributed by atoms with Crippen LogP contribution in [-0.4, -0.2) is 44.9 Å². The third-order valence-corrected chi connectivity index (χ3v) is 4.09. The fourth-order valence-electron chi connectivity index (χ4n) is 2.48. The third kappa shape index (κ3) is 5.42. The normalized spacial score (nSPS) is 11.1. The summed E-state index contributed by atoms with van der Waals surface area (Å²) in [5.41, 5.74) is 12.0. The number of hydrogen-bond donors (Lipinski definition) is 3. The predicted molar refractivity (Wildman–Crippen MR) is 110 cm³/mol. The van der Waals surface area contributed by atoms with E-state index in [-0.39, 0.29) is 35.9 Å². The van der Waals surface area contributed by atoms with Crippen molar-refractivity contribution < 1.29 is 28.2 Å². The smallest absolute Gasteiger partial charge is 0.337 e. The second-order valence-electron chi connectivity index (χ2n) is 6.12.